The molecule has 1 aliphatic heterocycles. The van der Waals surface area contributed by atoms with E-state index in [1.165, 1.54) is 18.5 Å². The van der Waals surface area contributed by atoms with Crippen LogP contribution in [-0.4, -0.2) is 46.5 Å². The van der Waals surface area contributed by atoms with Gasteiger partial charge in [0.1, 0.15) is 17.9 Å². The fourth-order valence-electron chi connectivity index (χ4n) is 3.63. The number of anilines is 1. The molecule has 1 fully saturated rings. The SMILES string of the molecule is C[C@H]1CN(c2cc(Oc3ccccc3Cl)ncn2)CCN1C(=O)c1ccc(C(F)(F)F)cc1. The van der Waals surface area contributed by atoms with Gasteiger partial charge in [-0.1, -0.05) is 23.7 Å². The molecule has 1 atom stereocenters. The van der Waals surface area contributed by atoms with Crippen molar-refractivity contribution in [3.05, 3.63) is 77.1 Å². The number of alkyl halides is 3. The van der Waals surface area contributed by atoms with Gasteiger partial charge in [-0.15, -0.1) is 0 Å². The fraction of sp³-hybridized carbons (Fsp3) is 0.261. The number of benzene rings is 2. The predicted octanol–water partition coefficient (Wildman–Crippen LogP) is 5.29. The van der Waals surface area contributed by atoms with Gasteiger partial charge < -0.3 is 14.5 Å². The van der Waals surface area contributed by atoms with Crippen LogP contribution in [0.25, 0.3) is 0 Å². The third-order valence-electron chi connectivity index (χ3n) is 5.35. The molecule has 1 saturated heterocycles. The third-order valence-corrected chi connectivity index (χ3v) is 5.66. The maximum Gasteiger partial charge on any atom is 0.416 e. The van der Waals surface area contributed by atoms with Crippen LogP contribution in [0.15, 0.2) is 60.9 Å². The number of amides is 1. The minimum Gasteiger partial charge on any atom is -0.437 e. The number of carbonyl (C=O) groups is 1. The van der Waals surface area contributed by atoms with Gasteiger partial charge in [0.2, 0.25) is 5.88 Å². The lowest BCUT2D eigenvalue weighted by Gasteiger charge is -2.40. The zero-order valence-electron chi connectivity index (χ0n) is 17.6. The molecule has 0 unspecified atom stereocenters. The molecule has 2 aromatic carbocycles. The van der Waals surface area contributed by atoms with Gasteiger partial charge in [-0.05, 0) is 43.3 Å². The van der Waals surface area contributed by atoms with Gasteiger partial charge in [-0.2, -0.15) is 13.2 Å². The number of piperazine rings is 1. The summed E-state index contributed by atoms with van der Waals surface area (Å²) in [7, 11) is 0. The van der Waals surface area contributed by atoms with Gasteiger partial charge in [0, 0.05) is 37.3 Å². The van der Waals surface area contributed by atoms with E-state index >= 15 is 0 Å². The predicted molar refractivity (Wildman–Crippen MR) is 118 cm³/mol. The van der Waals surface area contributed by atoms with Crippen LogP contribution in [0.1, 0.15) is 22.8 Å². The van der Waals surface area contributed by atoms with Gasteiger partial charge >= 0.3 is 6.18 Å². The van der Waals surface area contributed by atoms with Crippen molar-refractivity contribution in [2.75, 3.05) is 24.5 Å². The number of nitrogens with zero attached hydrogens (tertiary/aromatic N) is 4. The minimum atomic E-state index is -4.44. The molecule has 10 heteroatoms. The minimum absolute atomic E-state index is 0.184. The number of ether oxygens (including phenoxy) is 1. The highest BCUT2D eigenvalue weighted by molar-refractivity contribution is 6.32. The van der Waals surface area contributed by atoms with Gasteiger partial charge in [-0.25, -0.2) is 9.97 Å². The van der Waals surface area contributed by atoms with Crippen LogP contribution in [0.2, 0.25) is 5.02 Å². The van der Waals surface area contributed by atoms with E-state index in [-0.39, 0.29) is 17.5 Å². The van der Waals surface area contributed by atoms with Gasteiger partial charge in [0.05, 0.1) is 10.6 Å². The molecule has 0 spiro atoms. The Bertz CT molecular complexity index is 1140. The van der Waals surface area contributed by atoms with Gasteiger partial charge in [0.25, 0.3) is 5.91 Å². The smallest absolute Gasteiger partial charge is 0.416 e. The number of para-hydroxylation sites is 1. The molecule has 0 radical (unpaired) electrons. The van der Waals surface area contributed by atoms with Crippen molar-refractivity contribution >= 4 is 23.3 Å². The summed E-state index contributed by atoms with van der Waals surface area (Å²) >= 11 is 6.14. The van der Waals surface area contributed by atoms with E-state index < -0.39 is 11.7 Å². The summed E-state index contributed by atoms with van der Waals surface area (Å²) in [4.78, 5) is 25.0. The molecule has 4 rings (SSSR count). The molecular formula is C23H20ClF3N4O2. The second-order valence-corrected chi connectivity index (χ2v) is 8.02. The van der Waals surface area contributed by atoms with E-state index in [0.717, 1.165) is 12.1 Å². The summed E-state index contributed by atoms with van der Waals surface area (Å²) in [6, 6.07) is 12.8. The zero-order chi connectivity index (χ0) is 23.6. The van der Waals surface area contributed by atoms with E-state index in [0.29, 0.717) is 42.1 Å². The summed E-state index contributed by atoms with van der Waals surface area (Å²) < 4.78 is 44.1. The average molecular weight is 477 g/mol. The van der Waals surface area contributed by atoms with E-state index in [4.69, 9.17) is 16.3 Å². The Balaban J connectivity index is 1.43. The van der Waals surface area contributed by atoms with Crippen LogP contribution < -0.4 is 9.64 Å². The van der Waals surface area contributed by atoms with Crippen LogP contribution in [0.3, 0.4) is 0 Å². The molecule has 0 aliphatic carbocycles. The Morgan fingerprint density at radius 2 is 1.82 bits per heavy atom. The lowest BCUT2D eigenvalue weighted by molar-refractivity contribution is -0.137. The number of aromatic nitrogens is 2. The average Bonchev–Trinajstić information content (AvgIpc) is 2.80. The summed E-state index contributed by atoms with van der Waals surface area (Å²) in [6.07, 6.45) is -3.04. The molecule has 0 N–H and O–H groups in total. The molecule has 1 aliphatic rings. The van der Waals surface area contributed by atoms with E-state index in [2.05, 4.69) is 9.97 Å². The highest BCUT2D eigenvalue weighted by atomic mass is 35.5. The third kappa shape index (κ3) is 5.19. The second-order valence-electron chi connectivity index (χ2n) is 7.62. The fourth-order valence-corrected chi connectivity index (χ4v) is 3.81. The molecule has 6 nitrogen and oxygen atoms in total. The summed E-state index contributed by atoms with van der Waals surface area (Å²) in [6.45, 7) is 3.27. The van der Waals surface area contributed by atoms with Crippen molar-refractivity contribution in [1.29, 1.82) is 0 Å². The summed E-state index contributed by atoms with van der Waals surface area (Å²) in [5.41, 5.74) is -0.559. The van der Waals surface area contributed by atoms with Crippen LogP contribution in [-0.2, 0) is 6.18 Å². The lowest BCUT2D eigenvalue weighted by atomic mass is 10.1. The maximum atomic E-state index is 12.9. The monoisotopic (exact) mass is 476 g/mol. The molecule has 0 bridgehead atoms. The molecule has 3 aromatic rings. The Labute approximate surface area is 193 Å². The van der Waals surface area contributed by atoms with Crippen LogP contribution in [0, 0.1) is 0 Å². The largest absolute Gasteiger partial charge is 0.437 e. The van der Waals surface area contributed by atoms with E-state index in [1.807, 2.05) is 11.8 Å². The van der Waals surface area contributed by atoms with Crippen LogP contribution in [0.5, 0.6) is 11.6 Å². The summed E-state index contributed by atoms with van der Waals surface area (Å²) in [5, 5.41) is 0.460. The van der Waals surface area contributed by atoms with Gasteiger partial charge in [-0.3, -0.25) is 4.79 Å². The first-order chi connectivity index (χ1) is 15.7. The molecule has 172 valence electrons. The van der Waals surface area contributed by atoms with Crippen molar-refractivity contribution < 1.29 is 22.7 Å². The van der Waals surface area contributed by atoms with Crippen molar-refractivity contribution in [3.63, 3.8) is 0 Å². The van der Waals surface area contributed by atoms with Crippen molar-refractivity contribution in [3.8, 4) is 11.6 Å². The number of rotatable bonds is 4. The Kier molecular flexibility index (Phi) is 6.42. The highest BCUT2D eigenvalue weighted by Gasteiger charge is 2.32. The molecule has 0 saturated carbocycles. The summed E-state index contributed by atoms with van der Waals surface area (Å²) in [5.74, 6) is 1.15. The van der Waals surface area contributed by atoms with Gasteiger partial charge in [0.15, 0.2) is 0 Å². The normalized spacial score (nSPS) is 16.6. The number of halogens is 4. The van der Waals surface area contributed by atoms with E-state index in [1.54, 1.807) is 35.2 Å². The molecule has 33 heavy (non-hydrogen) atoms. The quantitative estimate of drug-likeness (QED) is 0.512. The first kappa shape index (κ1) is 22.8. The second kappa shape index (κ2) is 9.27. The number of carbonyl (C=O) groups excluding carboxylic acids is 1. The number of hydrogen-bond donors (Lipinski definition) is 0. The van der Waals surface area contributed by atoms with Crippen molar-refractivity contribution in [1.82, 2.24) is 14.9 Å². The molecule has 1 aromatic heterocycles. The topological polar surface area (TPSA) is 58.6 Å². The maximum absolute atomic E-state index is 12.9. The lowest BCUT2D eigenvalue weighted by Crippen LogP contribution is -2.54. The first-order valence-electron chi connectivity index (χ1n) is 10.2. The zero-order valence-corrected chi connectivity index (χ0v) is 18.3. The standard InChI is InChI=1S/C23H20ClF3N4O2/c1-15-13-30(20-12-21(29-14-28-20)33-19-5-3-2-4-18(19)24)10-11-31(15)22(32)16-6-8-17(9-7-16)23(25,26)27/h2-9,12,14-15H,10-11,13H2,1H3/t15-/m0/s1. The molecule has 2 heterocycles. The Hall–Kier alpha value is -3.33. The van der Waals surface area contributed by atoms with Crippen LogP contribution >= 0.6 is 11.6 Å². The Morgan fingerprint density at radius 3 is 2.48 bits per heavy atom. The van der Waals surface area contributed by atoms with Crippen LogP contribution in [0.4, 0.5) is 19.0 Å². The van der Waals surface area contributed by atoms with Crippen molar-refractivity contribution in [2.45, 2.75) is 19.1 Å². The van der Waals surface area contributed by atoms with Crippen molar-refractivity contribution in [2.24, 2.45) is 0 Å². The molecule has 1 amide bonds. The molecular weight excluding hydrogens is 457 g/mol. The van der Waals surface area contributed by atoms with E-state index in [9.17, 15) is 18.0 Å². The number of hydrogen-bond acceptors (Lipinski definition) is 5. The Morgan fingerprint density at radius 1 is 1.09 bits per heavy atom. The highest BCUT2D eigenvalue weighted by Crippen LogP contribution is 2.31. The first-order valence-corrected chi connectivity index (χ1v) is 10.6.